The van der Waals surface area contributed by atoms with Crippen LogP contribution in [0.1, 0.15) is 51.5 Å². The average Bonchev–Trinajstić information content (AvgIpc) is 2.97. The lowest BCUT2D eigenvalue weighted by atomic mass is 9.90. The lowest BCUT2D eigenvalue weighted by molar-refractivity contribution is -0.147. The molecule has 1 aromatic rings. The zero-order valence-corrected chi connectivity index (χ0v) is 13.6. The van der Waals surface area contributed by atoms with Crippen molar-refractivity contribution in [3.05, 3.63) is 29.8 Å². The van der Waals surface area contributed by atoms with Crippen molar-refractivity contribution >= 4 is 5.97 Å². The minimum absolute atomic E-state index is 0.375. The van der Waals surface area contributed by atoms with E-state index in [-0.39, 0.29) is 0 Å². The summed E-state index contributed by atoms with van der Waals surface area (Å²) in [6.07, 6.45) is 5.84. The van der Waals surface area contributed by atoms with Crippen LogP contribution in [0.5, 0.6) is 5.75 Å². The van der Waals surface area contributed by atoms with E-state index in [1.165, 1.54) is 18.4 Å². The number of carboxylic acids is 1. The van der Waals surface area contributed by atoms with Gasteiger partial charge in [-0.05, 0) is 70.2 Å². The van der Waals surface area contributed by atoms with Crippen molar-refractivity contribution in [1.29, 1.82) is 0 Å². The molecular weight excluding hydrogens is 278 g/mol. The summed E-state index contributed by atoms with van der Waals surface area (Å²) in [5.41, 5.74) is 0.490. The summed E-state index contributed by atoms with van der Waals surface area (Å²) in [6.45, 7) is 4.94. The van der Waals surface area contributed by atoms with Gasteiger partial charge in [-0.25, -0.2) is 0 Å². The minimum Gasteiger partial charge on any atom is -0.490 e. The van der Waals surface area contributed by atoms with Gasteiger partial charge in [-0.3, -0.25) is 4.79 Å². The number of carboxylic acid groups (broad SMARTS) is 1. The molecule has 22 heavy (non-hydrogen) atoms. The van der Waals surface area contributed by atoms with Crippen molar-refractivity contribution in [2.24, 2.45) is 5.41 Å². The first-order valence-corrected chi connectivity index (χ1v) is 8.17. The van der Waals surface area contributed by atoms with Gasteiger partial charge in [0, 0.05) is 6.54 Å². The van der Waals surface area contributed by atoms with Crippen molar-refractivity contribution in [3.63, 3.8) is 0 Å². The Bertz CT molecular complexity index is 493. The highest BCUT2D eigenvalue weighted by molar-refractivity contribution is 5.73. The van der Waals surface area contributed by atoms with Gasteiger partial charge in [0.1, 0.15) is 5.75 Å². The molecular formula is C18H27NO3. The van der Waals surface area contributed by atoms with Gasteiger partial charge in [0.15, 0.2) is 0 Å². The standard InChI is InChI=1S/C18H27NO3/c1-18(2,17(20)21)10-11-19-13-14-6-5-9-16(12-14)22-15-7-3-4-8-15/h5-6,9,12,15,19H,3-4,7-8,10-11,13H2,1-2H3,(H,20,21). The molecule has 1 saturated carbocycles. The molecule has 1 aromatic carbocycles. The maximum absolute atomic E-state index is 11.1. The Balaban J connectivity index is 1.77. The number of rotatable bonds is 8. The molecule has 0 aliphatic heterocycles. The molecule has 0 amide bonds. The molecule has 1 fully saturated rings. The summed E-state index contributed by atoms with van der Waals surface area (Å²) in [7, 11) is 0. The van der Waals surface area contributed by atoms with Crippen LogP contribution in [-0.2, 0) is 11.3 Å². The van der Waals surface area contributed by atoms with Crippen molar-refractivity contribution < 1.29 is 14.6 Å². The normalized spacial score (nSPS) is 15.9. The van der Waals surface area contributed by atoms with Crippen LogP contribution in [0.15, 0.2) is 24.3 Å². The summed E-state index contributed by atoms with van der Waals surface area (Å²) in [5, 5.41) is 12.4. The van der Waals surface area contributed by atoms with E-state index in [1.807, 2.05) is 12.1 Å². The third kappa shape index (κ3) is 5.02. The molecule has 0 bridgehead atoms. The van der Waals surface area contributed by atoms with Crippen molar-refractivity contribution in [3.8, 4) is 5.75 Å². The number of aliphatic carboxylic acids is 1. The van der Waals surface area contributed by atoms with Crippen LogP contribution in [0.4, 0.5) is 0 Å². The van der Waals surface area contributed by atoms with Crippen LogP contribution in [0.25, 0.3) is 0 Å². The maximum Gasteiger partial charge on any atom is 0.309 e. The number of carbonyl (C=O) groups is 1. The number of hydrogen-bond acceptors (Lipinski definition) is 3. The number of nitrogens with one attached hydrogen (secondary N) is 1. The SMILES string of the molecule is CC(C)(CCNCc1cccc(OC2CCCC2)c1)C(=O)O. The van der Waals surface area contributed by atoms with Crippen molar-refractivity contribution in [1.82, 2.24) is 5.32 Å². The van der Waals surface area contributed by atoms with E-state index >= 15 is 0 Å². The summed E-state index contributed by atoms with van der Waals surface area (Å²) >= 11 is 0. The van der Waals surface area contributed by atoms with E-state index in [0.717, 1.165) is 25.1 Å². The van der Waals surface area contributed by atoms with E-state index in [1.54, 1.807) is 13.8 Å². The van der Waals surface area contributed by atoms with Crippen LogP contribution in [0.3, 0.4) is 0 Å². The maximum atomic E-state index is 11.1. The Morgan fingerprint density at radius 2 is 2.09 bits per heavy atom. The monoisotopic (exact) mass is 305 g/mol. The highest BCUT2D eigenvalue weighted by atomic mass is 16.5. The molecule has 0 aromatic heterocycles. The molecule has 0 saturated heterocycles. The van der Waals surface area contributed by atoms with E-state index < -0.39 is 11.4 Å². The summed E-state index contributed by atoms with van der Waals surface area (Å²) < 4.78 is 6.00. The summed E-state index contributed by atoms with van der Waals surface area (Å²) in [5.74, 6) is 0.193. The molecule has 0 heterocycles. The van der Waals surface area contributed by atoms with Crippen molar-refractivity contribution in [2.45, 2.75) is 58.6 Å². The van der Waals surface area contributed by atoms with Gasteiger partial charge in [0.05, 0.1) is 11.5 Å². The molecule has 4 nitrogen and oxygen atoms in total. The van der Waals surface area contributed by atoms with Crippen LogP contribution in [-0.4, -0.2) is 23.7 Å². The zero-order valence-electron chi connectivity index (χ0n) is 13.6. The molecule has 1 aliphatic rings. The topological polar surface area (TPSA) is 58.6 Å². The smallest absolute Gasteiger partial charge is 0.309 e. The second kappa shape index (κ2) is 7.63. The number of benzene rings is 1. The Kier molecular flexibility index (Phi) is 5.83. The third-order valence-corrected chi connectivity index (χ3v) is 4.34. The molecule has 122 valence electrons. The highest BCUT2D eigenvalue weighted by Gasteiger charge is 2.26. The van der Waals surface area contributed by atoms with E-state index in [0.29, 0.717) is 19.1 Å². The fraction of sp³-hybridized carbons (Fsp3) is 0.611. The number of hydrogen-bond donors (Lipinski definition) is 2. The third-order valence-electron chi connectivity index (χ3n) is 4.34. The molecule has 4 heteroatoms. The lowest BCUT2D eigenvalue weighted by Gasteiger charge is -2.19. The Morgan fingerprint density at radius 1 is 1.36 bits per heavy atom. The average molecular weight is 305 g/mol. The zero-order chi connectivity index (χ0) is 16.0. The van der Waals surface area contributed by atoms with Gasteiger partial charge in [-0.1, -0.05) is 12.1 Å². The predicted octanol–water partition coefficient (Wildman–Crippen LogP) is 3.60. The van der Waals surface area contributed by atoms with Crippen LogP contribution >= 0.6 is 0 Å². The Morgan fingerprint density at radius 3 is 2.77 bits per heavy atom. The van der Waals surface area contributed by atoms with Crippen LogP contribution in [0.2, 0.25) is 0 Å². The van der Waals surface area contributed by atoms with Gasteiger partial charge < -0.3 is 15.2 Å². The molecule has 1 aliphatic carbocycles. The highest BCUT2D eigenvalue weighted by Crippen LogP contribution is 2.24. The number of ether oxygens (including phenoxy) is 1. The molecule has 0 unspecified atom stereocenters. The molecule has 0 spiro atoms. The fourth-order valence-corrected chi connectivity index (χ4v) is 2.67. The Labute approximate surface area is 132 Å². The first kappa shape index (κ1) is 16.8. The molecule has 0 radical (unpaired) electrons. The van der Waals surface area contributed by atoms with Crippen LogP contribution in [0, 0.1) is 5.41 Å². The summed E-state index contributed by atoms with van der Waals surface area (Å²) in [6, 6.07) is 8.17. The fourth-order valence-electron chi connectivity index (χ4n) is 2.67. The van der Waals surface area contributed by atoms with E-state index in [4.69, 9.17) is 9.84 Å². The van der Waals surface area contributed by atoms with E-state index in [9.17, 15) is 4.79 Å². The van der Waals surface area contributed by atoms with E-state index in [2.05, 4.69) is 17.4 Å². The first-order valence-electron chi connectivity index (χ1n) is 8.17. The lowest BCUT2D eigenvalue weighted by Crippen LogP contribution is -2.28. The van der Waals surface area contributed by atoms with Gasteiger partial charge in [0.25, 0.3) is 0 Å². The summed E-state index contributed by atoms with van der Waals surface area (Å²) in [4.78, 5) is 11.1. The van der Waals surface area contributed by atoms with Gasteiger partial charge in [0.2, 0.25) is 0 Å². The van der Waals surface area contributed by atoms with Gasteiger partial charge in [-0.15, -0.1) is 0 Å². The largest absolute Gasteiger partial charge is 0.490 e. The molecule has 0 atom stereocenters. The second-order valence-corrected chi connectivity index (χ2v) is 6.79. The molecule has 2 rings (SSSR count). The van der Waals surface area contributed by atoms with Crippen molar-refractivity contribution in [2.75, 3.05) is 6.54 Å². The molecule has 2 N–H and O–H groups in total. The predicted molar refractivity (Wildman–Crippen MR) is 87.1 cm³/mol. The Hall–Kier alpha value is -1.55. The first-order chi connectivity index (χ1) is 10.5. The van der Waals surface area contributed by atoms with Gasteiger partial charge in [-0.2, -0.15) is 0 Å². The minimum atomic E-state index is -0.749. The quantitative estimate of drug-likeness (QED) is 0.721. The van der Waals surface area contributed by atoms with Crippen LogP contribution < -0.4 is 10.1 Å². The van der Waals surface area contributed by atoms with Gasteiger partial charge >= 0.3 is 5.97 Å². The second-order valence-electron chi connectivity index (χ2n) is 6.79.